The second-order valence-corrected chi connectivity index (χ2v) is 4.57. The molecule has 3 N–H and O–H groups in total. The van der Waals surface area contributed by atoms with E-state index in [1.165, 1.54) is 0 Å². The maximum absolute atomic E-state index is 11.8. The van der Waals surface area contributed by atoms with Crippen LogP contribution < -0.4 is 11.1 Å². The lowest BCUT2D eigenvalue weighted by Crippen LogP contribution is -2.45. The summed E-state index contributed by atoms with van der Waals surface area (Å²) in [4.78, 5) is 11.8. The molecule has 3 nitrogen and oxygen atoms in total. The fourth-order valence-corrected chi connectivity index (χ4v) is 2.03. The van der Waals surface area contributed by atoms with Gasteiger partial charge in [-0.05, 0) is 25.3 Å². The van der Waals surface area contributed by atoms with Crippen molar-refractivity contribution in [3.63, 3.8) is 0 Å². The maximum Gasteiger partial charge on any atom is 0.223 e. The molecule has 0 bridgehead atoms. The van der Waals surface area contributed by atoms with Gasteiger partial charge >= 0.3 is 0 Å². The number of carbonyl (C=O) groups is 1. The van der Waals surface area contributed by atoms with E-state index in [1.807, 2.05) is 37.3 Å². The van der Waals surface area contributed by atoms with Gasteiger partial charge in [0.2, 0.25) is 5.91 Å². The van der Waals surface area contributed by atoms with E-state index >= 15 is 0 Å². The molecule has 0 spiro atoms. The minimum Gasteiger partial charge on any atom is -0.349 e. The van der Waals surface area contributed by atoms with Crippen LogP contribution in [0.2, 0.25) is 0 Å². The monoisotopic (exact) mass is 218 g/mol. The Bertz CT molecular complexity index is 357. The van der Waals surface area contributed by atoms with Gasteiger partial charge in [0.1, 0.15) is 0 Å². The maximum atomic E-state index is 11.8. The third kappa shape index (κ3) is 2.42. The first-order valence-electron chi connectivity index (χ1n) is 5.77. The number of hydrogen-bond acceptors (Lipinski definition) is 2. The topological polar surface area (TPSA) is 55.1 Å². The third-order valence-corrected chi connectivity index (χ3v) is 3.20. The summed E-state index contributed by atoms with van der Waals surface area (Å²) < 4.78 is 0. The van der Waals surface area contributed by atoms with Crippen molar-refractivity contribution < 1.29 is 4.79 Å². The van der Waals surface area contributed by atoms with Crippen molar-refractivity contribution in [2.24, 2.45) is 11.7 Å². The molecule has 0 aromatic heterocycles. The van der Waals surface area contributed by atoms with E-state index in [0.717, 1.165) is 18.4 Å². The number of nitrogens with one attached hydrogen (secondary N) is 1. The molecule has 1 aliphatic rings. The van der Waals surface area contributed by atoms with Crippen LogP contribution in [-0.4, -0.2) is 11.9 Å². The van der Waals surface area contributed by atoms with Gasteiger partial charge in [-0.1, -0.05) is 30.3 Å². The summed E-state index contributed by atoms with van der Waals surface area (Å²) in [6.07, 6.45) is 1.65. The van der Waals surface area contributed by atoms with E-state index in [0.29, 0.717) is 0 Å². The molecule has 0 saturated heterocycles. The lowest BCUT2D eigenvalue weighted by atomic mass is 9.80. The van der Waals surface area contributed by atoms with Gasteiger partial charge in [-0.25, -0.2) is 0 Å². The molecular formula is C13H18N2O. The van der Waals surface area contributed by atoms with Crippen LogP contribution in [0.4, 0.5) is 0 Å². The van der Waals surface area contributed by atoms with E-state index in [2.05, 4.69) is 5.32 Å². The van der Waals surface area contributed by atoms with Gasteiger partial charge in [0.05, 0.1) is 6.04 Å². The number of benzene rings is 1. The van der Waals surface area contributed by atoms with Crippen LogP contribution in [0, 0.1) is 5.92 Å². The molecule has 3 heteroatoms. The molecule has 0 radical (unpaired) electrons. The largest absolute Gasteiger partial charge is 0.349 e. The lowest BCUT2D eigenvalue weighted by molar-refractivity contribution is -0.128. The van der Waals surface area contributed by atoms with Crippen molar-refractivity contribution in [3.05, 3.63) is 35.9 Å². The van der Waals surface area contributed by atoms with Crippen LogP contribution in [0.3, 0.4) is 0 Å². The molecular weight excluding hydrogens is 200 g/mol. The van der Waals surface area contributed by atoms with E-state index in [4.69, 9.17) is 5.73 Å². The zero-order chi connectivity index (χ0) is 11.5. The second kappa shape index (κ2) is 4.66. The summed E-state index contributed by atoms with van der Waals surface area (Å²) >= 11 is 0. The average molecular weight is 218 g/mol. The fraction of sp³-hybridized carbons (Fsp3) is 0.462. The summed E-state index contributed by atoms with van der Waals surface area (Å²) in [5.74, 6) is 0.263. The first-order valence-corrected chi connectivity index (χ1v) is 5.77. The number of rotatable bonds is 3. The molecule has 0 heterocycles. The zero-order valence-electron chi connectivity index (χ0n) is 9.52. The Labute approximate surface area is 96.0 Å². The molecule has 16 heavy (non-hydrogen) atoms. The SMILES string of the molecule is CC(NC(=O)C1CC(N)C1)c1ccccc1. The Balaban J connectivity index is 1.88. The van der Waals surface area contributed by atoms with Crippen molar-refractivity contribution in [1.82, 2.24) is 5.32 Å². The Morgan fingerprint density at radius 2 is 2.00 bits per heavy atom. The third-order valence-electron chi connectivity index (χ3n) is 3.20. The molecule has 1 aromatic rings. The molecule has 0 aliphatic heterocycles. The highest BCUT2D eigenvalue weighted by Gasteiger charge is 2.32. The van der Waals surface area contributed by atoms with Crippen LogP contribution in [0.25, 0.3) is 0 Å². The first-order chi connectivity index (χ1) is 7.66. The molecule has 1 fully saturated rings. The Morgan fingerprint density at radius 1 is 1.38 bits per heavy atom. The van der Waals surface area contributed by atoms with Gasteiger partial charge < -0.3 is 11.1 Å². The normalized spacial score (nSPS) is 25.6. The smallest absolute Gasteiger partial charge is 0.223 e. The number of carbonyl (C=O) groups excluding carboxylic acids is 1. The van der Waals surface area contributed by atoms with Crippen molar-refractivity contribution >= 4 is 5.91 Å². The Morgan fingerprint density at radius 3 is 2.56 bits per heavy atom. The molecule has 1 unspecified atom stereocenters. The lowest BCUT2D eigenvalue weighted by Gasteiger charge is -2.32. The number of hydrogen-bond donors (Lipinski definition) is 2. The van der Waals surface area contributed by atoms with Gasteiger partial charge in [-0.2, -0.15) is 0 Å². The molecule has 1 aliphatic carbocycles. The van der Waals surface area contributed by atoms with Gasteiger partial charge in [0, 0.05) is 12.0 Å². The summed E-state index contributed by atoms with van der Waals surface area (Å²) in [5, 5.41) is 3.02. The molecule has 1 amide bonds. The summed E-state index contributed by atoms with van der Waals surface area (Å²) in [7, 11) is 0. The Hall–Kier alpha value is -1.35. The summed E-state index contributed by atoms with van der Waals surface area (Å²) in [5.41, 5.74) is 6.81. The van der Waals surface area contributed by atoms with Crippen LogP contribution in [0.5, 0.6) is 0 Å². The van der Waals surface area contributed by atoms with Gasteiger partial charge in [-0.3, -0.25) is 4.79 Å². The molecule has 86 valence electrons. The minimum absolute atomic E-state index is 0.0746. The second-order valence-electron chi connectivity index (χ2n) is 4.57. The highest BCUT2D eigenvalue weighted by atomic mass is 16.2. The molecule has 2 rings (SSSR count). The summed E-state index contributed by atoms with van der Waals surface area (Å²) in [6.45, 7) is 2.01. The van der Waals surface area contributed by atoms with Crippen molar-refractivity contribution in [1.29, 1.82) is 0 Å². The van der Waals surface area contributed by atoms with Crippen molar-refractivity contribution in [3.8, 4) is 0 Å². The van der Waals surface area contributed by atoms with Crippen LogP contribution in [-0.2, 0) is 4.79 Å². The number of amides is 1. The van der Waals surface area contributed by atoms with E-state index in [1.54, 1.807) is 0 Å². The van der Waals surface area contributed by atoms with Gasteiger partial charge in [0.25, 0.3) is 0 Å². The average Bonchev–Trinajstić information content (AvgIpc) is 2.26. The number of nitrogens with two attached hydrogens (primary N) is 1. The highest BCUT2D eigenvalue weighted by Crippen LogP contribution is 2.26. The van der Waals surface area contributed by atoms with Gasteiger partial charge in [-0.15, -0.1) is 0 Å². The first kappa shape index (κ1) is 11.1. The predicted molar refractivity (Wildman–Crippen MR) is 63.7 cm³/mol. The van der Waals surface area contributed by atoms with Crippen LogP contribution >= 0.6 is 0 Å². The van der Waals surface area contributed by atoms with Crippen molar-refractivity contribution in [2.75, 3.05) is 0 Å². The quantitative estimate of drug-likeness (QED) is 0.809. The van der Waals surface area contributed by atoms with E-state index in [9.17, 15) is 4.79 Å². The van der Waals surface area contributed by atoms with Crippen molar-refractivity contribution in [2.45, 2.75) is 31.8 Å². The summed E-state index contributed by atoms with van der Waals surface area (Å²) in [6, 6.07) is 10.3. The minimum atomic E-state index is 0.0746. The van der Waals surface area contributed by atoms with Gasteiger partial charge in [0.15, 0.2) is 0 Å². The fourth-order valence-electron chi connectivity index (χ4n) is 2.03. The molecule has 1 atom stereocenters. The van der Waals surface area contributed by atoms with E-state index in [-0.39, 0.29) is 23.9 Å². The standard InChI is InChI=1S/C13H18N2O/c1-9(10-5-3-2-4-6-10)15-13(16)11-7-12(14)8-11/h2-6,9,11-12H,7-8,14H2,1H3,(H,15,16). The van der Waals surface area contributed by atoms with Crippen LogP contribution in [0.1, 0.15) is 31.4 Å². The predicted octanol–water partition coefficient (Wildman–Crippen LogP) is 1.60. The van der Waals surface area contributed by atoms with E-state index < -0.39 is 0 Å². The molecule has 1 saturated carbocycles. The van der Waals surface area contributed by atoms with Crippen LogP contribution in [0.15, 0.2) is 30.3 Å². The molecule has 1 aromatic carbocycles. The zero-order valence-corrected chi connectivity index (χ0v) is 9.52. The highest BCUT2D eigenvalue weighted by molar-refractivity contribution is 5.80. The Kier molecular flexibility index (Phi) is 3.25.